The number of hydrogen-bond acceptors (Lipinski definition) is 5. The van der Waals surface area contributed by atoms with Gasteiger partial charge in [0.2, 0.25) is 10.0 Å². The number of hydrogen-bond donors (Lipinski definition) is 1. The third kappa shape index (κ3) is 3.14. The maximum atomic E-state index is 13.5. The van der Waals surface area contributed by atoms with E-state index in [0.29, 0.717) is 40.9 Å². The number of halogens is 1. The highest BCUT2D eigenvalue weighted by Crippen LogP contribution is 2.25. The Balaban J connectivity index is 1.48. The van der Waals surface area contributed by atoms with Gasteiger partial charge >= 0.3 is 0 Å². The molecule has 10 heteroatoms. The van der Waals surface area contributed by atoms with Crippen LogP contribution in [0.2, 0.25) is 0 Å². The molecule has 1 aliphatic heterocycles. The zero-order valence-electron chi connectivity index (χ0n) is 15.6. The van der Waals surface area contributed by atoms with Gasteiger partial charge < -0.3 is 4.98 Å². The largest absolute Gasteiger partial charge is 0.321 e. The number of nitrogens with zero attached hydrogens (tertiary/aromatic N) is 4. The van der Waals surface area contributed by atoms with Crippen LogP contribution in [0.25, 0.3) is 27.8 Å². The maximum Gasteiger partial charge on any atom is 0.258 e. The van der Waals surface area contributed by atoms with Crippen LogP contribution in [0.4, 0.5) is 10.1 Å². The van der Waals surface area contributed by atoms with E-state index in [0.717, 1.165) is 0 Å². The van der Waals surface area contributed by atoms with Crippen molar-refractivity contribution < 1.29 is 12.8 Å². The van der Waals surface area contributed by atoms with Crippen molar-refractivity contribution in [3.8, 4) is 16.9 Å². The Morgan fingerprint density at radius 2 is 1.80 bits per heavy atom. The second kappa shape index (κ2) is 6.77. The van der Waals surface area contributed by atoms with E-state index in [4.69, 9.17) is 0 Å². The third-order valence-electron chi connectivity index (χ3n) is 5.08. The zero-order chi connectivity index (χ0) is 20.9. The van der Waals surface area contributed by atoms with Crippen LogP contribution in [0.1, 0.15) is 6.42 Å². The van der Waals surface area contributed by atoms with Crippen molar-refractivity contribution in [3.05, 3.63) is 70.9 Å². The summed E-state index contributed by atoms with van der Waals surface area (Å²) >= 11 is 0. The normalized spacial score (nSPS) is 15.7. The van der Waals surface area contributed by atoms with Crippen LogP contribution in [0, 0.1) is 5.82 Å². The standard InChI is InChI=1S/C20H16FN5O3S/c21-14-2-7-18-13(10-14)11-17(20(27)22-18)19-12-25(24-23-19)15-3-5-16(6-4-15)26-8-1-9-30(26,28)29/h2-7,10-12H,1,8-9H2,(H,22,27). The van der Waals surface area contributed by atoms with Crippen molar-refractivity contribution in [1.29, 1.82) is 0 Å². The third-order valence-corrected chi connectivity index (χ3v) is 6.95. The number of pyridine rings is 1. The van der Waals surface area contributed by atoms with Gasteiger partial charge in [0.15, 0.2) is 0 Å². The minimum absolute atomic E-state index is 0.158. The highest BCUT2D eigenvalue weighted by molar-refractivity contribution is 7.93. The molecule has 2 aromatic carbocycles. The first-order chi connectivity index (χ1) is 14.4. The number of aromatic nitrogens is 4. The number of nitrogens with one attached hydrogen (secondary N) is 1. The Bertz CT molecular complexity index is 1430. The molecular weight excluding hydrogens is 409 g/mol. The van der Waals surface area contributed by atoms with Gasteiger partial charge in [-0.3, -0.25) is 9.10 Å². The number of sulfonamides is 1. The first-order valence-corrected chi connectivity index (χ1v) is 10.9. The molecule has 0 amide bonds. The summed E-state index contributed by atoms with van der Waals surface area (Å²) in [6.07, 6.45) is 2.21. The number of anilines is 1. The lowest BCUT2D eigenvalue weighted by Gasteiger charge is -2.16. The molecule has 0 radical (unpaired) electrons. The average molecular weight is 425 g/mol. The lowest BCUT2D eigenvalue weighted by Crippen LogP contribution is -2.24. The Kier molecular flexibility index (Phi) is 4.17. The van der Waals surface area contributed by atoms with E-state index in [9.17, 15) is 17.6 Å². The van der Waals surface area contributed by atoms with Crippen molar-refractivity contribution in [1.82, 2.24) is 20.0 Å². The van der Waals surface area contributed by atoms with Crippen molar-refractivity contribution in [2.24, 2.45) is 0 Å². The summed E-state index contributed by atoms with van der Waals surface area (Å²) in [5, 5.41) is 8.69. The predicted octanol–water partition coefficient (Wildman–Crippen LogP) is 2.45. The van der Waals surface area contributed by atoms with Gasteiger partial charge in [0.05, 0.1) is 28.9 Å². The topological polar surface area (TPSA) is 101 Å². The molecule has 1 aliphatic rings. The lowest BCUT2D eigenvalue weighted by molar-refractivity contribution is 0.599. The molecule has 30 heavy (non-hydrogen) atoms. The summed E-state index contributed by atoms with van der Waals surface area (Å²) in [5.41, 5.74) is 2.07. The van der Waals surface area contributed by atoms with E-state index in [-0.39, 0.29) is 16.9 Å². The molecule has 5 rings (SSSR count). The molecule has 152 valence electrons. The van der Waals surface area contributed by atoms with E-state index >= 15 is 0 Å². The van der Waals surface area contributed by atoms with E-state index in [1.165, 1.54) is 27.2 Å². The Labute approximate surface area is 170 Å². The van der Waals surface area contributed by atoms with Crippen molar-refractivity contribution in [2.75, 3.05) is 16.6 Å². The smallest absolute Gasteiger partial charge is 0.258 e. The summed E-state index contributed by atoms with van der Waals surface area (Å²) in [5.74, 6) is -0.241. The molecule has 0 bridgehead atoms. The van der Waals surface area contributed by atoms with Crippen molar-refractivity contribution >= 4 is 26.6 Å². The molecule has 0 unspecified atom stereocenters. The van der Waals surface area contributed by atoms with E-state index in [2.05, 4.69) is 15.3 Å². The number of rotatable bonds is 3. The Morgan fingerprint density at radius 3 is 2.53 bits per heavy atom. The number of aromatic amines is 1. The zero-order valence-corrected chi connectivity index (χ0v) is 16.4. The summed E-state index contributed by atoms with van der Waals surface area (Å²) < 4.78 is 40.5. The number of benzene rings is 2. The van der Waals surface area contributed by atoms with Crippen molar-refractivity contribution in [3.63, 3.8) is 0 Å². The maximum absolute atomic E-state index is 13.5. The molecule has 8 nitrogen and oxygen atoms in total. The number of H-pyrrole nitrogens is 1. The molecule has 3 heterocycles. The van der Waals surface area contributed by atoms with E-state index < -0.39 is 15.8 Å². The monoisotopic (exact) mass is 425 g/mol. The highest BCUT2D eigenvalue weighted by atomic mass is 32.2. The van der Waals surface area contributed by atoms with E-state index in [1.54, 1.807) is 36.5 Å². The van der Waals surface area contributed by atoms with Gasteiger partial charge in [0, 0.05) is 17.4 Å². The highest BCUT2D eigenvalue weighted by Gasteiger charge is 2.28. The summed E-state index contributed by atoms with van der Waals surface area (Å²) in [6.45, 7) is 0.473. The number of fused-ring (bicyclic) bond motifs is 1. The van der Waals surface area contributed by atoms with E-state index in [1.807, 2.05) is 0 Å². The van der Waals surface area contributed by atoms with Gasteiger partial charge in [-0.05, 0) is 55.0 Å². The molecule has 1 saturated heterocycles. The van der Waals surface area contributed by atoms with Crippen LogP contribution < -0.4 is 9.86 Å². The minimum Gasteiger partial charge on any atom is -0.321 e. The second-order valence-corrected chi connectivity index (χ2v) is 9.06. The molecule has 0 atom stereocenters. The van der Waals surface area contributed by atoms with Gasteiger partial charge in [0.1, 0.15) is 11.5 Å². The lowest BCUT2D eigenvalue weighted by atomic mass is 10.1. The van der Waals surface area contributed by atoms with Crippen LogP contribution in [0.3, 0.4) is 0 Å². The molecular formula is C20H16FN5O3S. The SMILES string of the molecule is O=c1[nH]c2ccc(F)cc2cc1-c1cn(-c2ccc(N3CCCS3(=O)=O)cc2)nn1. The molecule has 1 fully saturated rings. The van der Waals surface area contributed by atoms with Crippen molar-refractivity contribution in [2.45, 2.75) is 6.42 Å². The van der Waals surface area contributed by atoms with Gasteiger partial charge in [-0.2, -0.15) is 0 Å². The fourth-order valence-corrected chi connectivity index (χ4v) is 5.15. The first-order valence-electron chi connectivity index (χ1n) is 9.27. The molecule has 0 spiro atoms. The molecule has 4 aromatic rings. The first kappa shape index (κ1) is 18.5. The van der Waals surface area contributed by atoms with Gasteiger partial charge in [-0.25, -0.2) is 17.5 Å². The van der Waals surface area contributed by atoms with Gasteiger partial charge in [-0.15, -0.1) is 5.10 Å². The molecule has 0 aliphatic carbocycles. The summed E-state index contributed by atoms with van der Waals surface area (Å²) in [4.78, 5) is 15.1. The molecule has 1 N–H and O–H groups in total. The molecule has 0 saturated carbocycles. The van der Waals surface area contributed by atoms with Crippen LogP contribution in [-0.2, 0) is 10.0 Å². The fraction of sp³-hybridized carbons (Fsp3) is 0.150. The predicted molar refractivity (Wildman–Crippen MR) is 111 cm³/mol. The van der Waals surface area contributed by atoms with Crippen LogP contribution in [-0.4, -0.2) is 40.7 Å². The van der Waals surface area contributed by atoms with Crippen LogP contribution in [0.5, 0.6) is 0 Å². The van der Waals surface area contributed by atoms with Crippen LogP contribution in [0.15, 0.2) is 59.5 Å². The quantitative estimate of drug-likeness (QED) is 0.543. The van der Waals surface area contributed by atoms with Gasteiger partial charge in [-0.1, -0.05) is 5.21 Å². The minimum atomic E-state index is -3.24. The van der Waals surface area contributed by atoms with Crippen LogP contribution >= 0.6 is 0 Å². The Hall–Kier alpha value is -3.53. The average Bonchev–Trinajstić information content (AvgIpc) is 3.34. The summed E-state index contributed by atoms with van der Waals surface area (Å²) in [6, 6.07) is 12.6. The summed E-state index contributed by atoms with van der Waals surface area (Å²) in [7, 11) is -3.24. The Morgan fingerprint density at radius 1 is 1.03 bits per heavy atom. The molecule has 2 aromatic heterocycles. The van der Waals surface area contributed by atoms with Gasteiger partial charge in [0.25, 0.3) is 5.56 Å². The second-order valence-electron chi connectivity index (χ2n) is 7.05. The fourth-order valence-electron chi connectivity index (χ4n) is 3.58.